The second kappa shape index (κ2) is 2.39. The van der Waals surface area contributed by atoms with Crippen LogP contribution in [0.5, 0.6) is 0 Å². The lowest BCUT2D eigenvalue weighted by Crippen LogP contribution is -1.84. The highest BCUT2D eigenvalue weighted by Gasteiger charge is 2.12. The van der Waals surface area contributed by atoms with Crippen LogP contribution in [0.4, 0.5) is 8.78 Å². The summed E-state index contributed by atoms with van der Waals surface area (Å²) < 4.78 is 23.6. The van der Waals surface area contributed by atoms with Gasteiger partial charge in [-0.2, -0.15) is 0 Å². The van der Waals surface area contributed by atoms with Gasteiger partial charge >= 0.3 is 0 Å². The molecule has 4 heteroatoms. The number of hydrogen-bond donors (Lipinski definition) is 0. The molecule has 1 heterocycles. The van der Waals surface area contributed by atoms with Crippen molar-refractivity contribution in [3.63, 3.8) is 0 Å². The Morgan fingerprint density at radius 2 is 2.33 bits per heavy atom. The predicted molar refractivity (Wildman–Crippen MR) is 30.6 cm³/mol. The van der Waals surface area contributed by atoms with E-state index in [4.69, 9.17) is 0 Å². The molecule has 0 aromatic carbocycles. The number of hydrogen-bond acceptors (Lipinski definition) is 2. The van der Waals surface area contributed by atoms with Crippen LogP contribution < -0.4 is 0 Å². The molecule has 0 amide bonds. The molecule has 1 nitrogen and oxygen atoms in total. The lowest BCUT2D eigenvalue weighted by molar-refractivity contribution is 0.146. The van der Waals surface area contributed by atoms with Crippen LogP contribution in [0.15, 0.2) is 0 Å². The minimum atomic E-state index is -2.45. The maximum absolute atomic E-state index is 11.8. The van der Waals surface area contributed by atoms with Crippen molar-refractivity contribution in [2.24, 2.45) is 0 Å². The van der Waals surface area contributed by atoms with Gasteiger partial charge in [-0.25, -0.2) is 13.8 Å². The molecule has 0 unspecified atom stereocenters. The molecule has 1 aromatic heterocycles. The zero-order valence-corrected chi connectivity index (χ0v) is 5.51. The van der Waals surface area contributed by atoms with Gasteiger partial charge in [0.05, 0.1) is 0 Å². The molecule has 0 aliphatic heterocycles. The first-order valence-corrected chi connectivity index (χ1v) is 3.15. The van der Waals surface area contributed by atoms with Crippen molar-refractivity contribution >= 4 is 11.3 Å². The zero-order valence-electron chi connectivity index (χ0n) is 4.69. The van der Waals surface area contributed by atoms with Gasteiger partial charge in [0, 0.05) is 4.88 Å². The van der Waals surface area contributed by atoms with Crippen LogP contribution in [0.2, 0.25) is 0 Å². The van der Waals surface area contributed by atoms with Crippen LogP contribution in [-0.2, 0) is 0 Å². The first kappa shape index (κ1) is 6.61. The van der Waals surface area contributed by atoms with Gasteiger partial charge in [0.15, 0.2) is 5.51 Å². The normalized spacial score (nSPS) is 10.7. The van der Waals surface area contributed by atoms with E-state index in [0.717, 1.165) is 11.3 Å². The van der Waals surface area contributed by atoms with Crippen molar-refractivity contribution < 1.29 is 8.78 Å². The van der Waals surface area contributed by atoms with E-state index in [2.05, 4.69) is 10.5 Å². The molecule has 1 aromatic rings. The van der Waals surface area contributed by atoms with Crippen molar-refractivity contribution in [3.05, 3.63) is 16.1 Å². The van der Waals surface area contributed by atoms with Crippen molar-refractivity contribution in [1.29, 1.82) is 0 Å². The molecule has 0 spiro atoms. The van der Waals surface area contributed by atoms with Crippen molar-refractivity contribution in [1.82, 2.24) is 4.98 Å². The van der Waals surface area contributed by atoms with Gasteiger partial charge in [-0.1, -0.05) is 0 Å². The van der Waals surface area contributed by atoms with E-state index >= 15 is 0 Å². The highest BCUT2D eigenvalue weighted by atomic mass is 32.1. The van der Waals surface area contributed by atoms with E-state index in [0.29, 0.717) is 4.88 Å². The fourth-order valence-electron chi connectivity index (χ4n) is 0.474. The molecular formula is C5H4F2NS. The summed E-state index contributed by atoms with van der Waals surface area (Å²) in [6.07, 6.45) is -2.45. The van der Waals surface area contributed by atoms with Gasteiger partial charge in [0.1, 0.15) is 5.69 Å². The monoisotopic (exact) mass is 148 g/mol. The Morgan fingerprint density at radius 3 is 2.56 bits per heavy atom. The Kier molecular flexibility index (Phi) is 1.75. The highest BCUT2D eigenvalue weighted by Crippen LogP contribution is 2.22. The summed E-state index contributed by atoms with van der Waals surface area (Å²) in [4.78, 5) is 3.91. The predicted octanol–water partition coefficient (Wildman–Crippen LogP) is 2.19. The maximum atomic E-state index is 11.8. The van der Waals surface area contributed by atoms with Crippen LogP contribution >= 0.6 is 11.3 Å². The third-order valence-electron chi connectivity index (χ3n) is 0.932. The van der Waals surface area contributed by atoms with Crippen LogP contribution in [-0.4, -0.2) is 4.98 Å². The summed E-state index contributed by atoms with van der Waals surface area (Å²) in [5.74, 6) is 0. The van der Waals surface area contributed by atoms with E-state index in [9.17, 15) is 8.78 Å². The van der Waals surface area contributed by atoms with E-state index in [-0.39, 0.29) is 5.69 Å². The Hall–Kier alpha value is -0.510. The SMILES string of the molecule is Cc1s[c]nc1C(F)F. The summed E-state index contributed by atoms with van der Waals surface area (Å²) in [5.41, 5.74) is 2.25. The highest BCUT2D eigenvalue weighted by molar-refractivity contribution is 7.09. The first-order chi connectivity index (χ1) is 4.22. The summed E-state index contributed by atoms with van der Waals surface area (Å²) in [6, 6.07) is 0. The van der Waals surface area contributed by atoms with E-state index < -0.39 is 6.43 Å². The van der Waals surface area contributed by atoms with Crippen molar-refractivity contribution in [3.8, 4) is 0 Å². The Labute approximate surface area is 55.4 Å². The van der Waals surface area contributed by atoms with Crippen LogP contribution in [0.1, 0.15) is 17.0 Å². The Bertz CT molecular complexity index is 197. The molecule has 0 bridgehead atoms. The maximum Gasteiger partial charge on any atom is 0.281 e. The molecule has 1 rings (SSSR count). The van der Waals surface area contributed by atoms with Gasteiger partial charge in [0.2, 0.25) is 0 Å². The van der Waals surface area contributed by atoms with Crippen molar-refractivity contribution in [2.45, 2.75) is 13.3 Å². The molecule has 0 saturated heterocycles. The Morgan fingerprint density at radius 1 is 1.67 bits per heavy atom. The van der Waals surface area contributed by atoms with E-state index in [1.54, 1.807) is 6.92 Å². The quantitative estimate of drug-likeness (QED) is 0.594. The number of rotatable bonds is 1. The average Bonchev–Trinajstić information content (AvgIpc) is 2.13. The molecule has 0 saturated carbocycles. The molecule has 0 fully saturated rings. The number of aromatic nitrogens is 1. The topological polar surface area (TPSA) is 12.9 Å². The van der Waals surface area contributed by atoms with Crippen LogP contribution in [0.3, 0.4) is 0 Å². The fourth-order valence-corrected chi connectivity index (χ4v) is 0.994. The molecule has 0 aliphatic carbocycles. The zero-order chi connectivity index (χ0) is 6.85. The first-order valence-electron chi connectivity index (χ1n) is 2.33. The third kappa shape index (κ3) is 1.24. The smallest absolute Gasteiger partial charge is 0.232 e. The average molecular weight is 148 g/mol. The van der Waals surface area contributed by atoms with Crippen molar-refractivity contribution in [2.75, 3.05) is 0 Å². The lowest BCUT2D eigenvalue weighted by atomic mass is 10.4. The standard InChI is InChI=1S/C5H4F2NS/c1-3-4(5(6)7)8-2-9-3/h5H,1H3. The van der Waals surface area contributed by atoms with Gasteiger partial charge in [0.25, 0.3) is 6.43 Å². The molecule has 0 atom stereocenters. The van der Waals surface area contributed by atoms with Gasteiger partial charge in [-0.3, -0.25) is 0 Å². The third-order valence-corrected chi connectivity index (χ3v) is 1.63. The Balaban J connectivity index is 2.94. The molecule has 49 valence electrons. The molecule has 9 heavy (non-hydrogen) atoms. The summed E-state index contributed by atoms with van der Waals surface area (Å²) >= 11 is 1.12. The summed E-state index contributed by atoms with van der Waals surface area (Å²) in [7, 11) is 0. The number of thiazole rings is 1. The van der Waals surface area contributed by atoms with Gasteiger partial charge in [-0.05, 0) is 6.92 Å². The number of alkyl halides is 2. The summed E-state index contributed by atoms with van der Waals surface area (Å²) in [5, 5.41) is 0. The minimum absolute atomic E-state index is 0.139. The second-order valence-corrected chi connectivity index (χ2v) is 2.55. The van der Waals surface area contributed by atoms with E-state index in [1.165, 1.54) is 0 Å². The molecule has 0 N–H and O–H groups in total. The molecule has 1 radical (unpaired) electrons. The number of halogens is 2. The van der Waals surface area contributed by atoms with Crippen LogP contribution in [0, 0.1) is 12.4 Å². The van der Waals surface area contributed by atoms with E-state index in [1.807, 2.05) is 0 Å². The lowest BCUT2D eigenvalue weighted by Gasteiger charge is -1.91. The fraction of sp³-hybridized carbons (Fsp3) is 0.400. The second-order valence-electron chi connectivity index (χ2n) is 1.55. The number of nitrogens with zero attached hydrogens (tertiary/aromatic N) is 1. The van der Waals surface area contributed by atoms with Gasteiger partial charge < -0.3 is 0 Å². The van der Waals surface area contributed by atoms with Gasteiger partial charge in [-0.15, -0.1) is 11.3 Å². The molecule has 0 aliphatic rings. The minimum Gasteiger partial charge on any atom is -0.232 e. The van der Waals surface area contributed by atoms with Crippen LogP contribution in [0.25, 0.3) is 0 Å². The number of aryl methyl sites for hydroxylation is 1. The largest absolute Gasteiger partial charge is 0.281 e. The summed E-state index contributed by atoms with van der Waals surface area (Å²) in [6.45, 7) is 1.61. The molecular weight excluding hydrogens is 144 g/mol.